The van der Waals surface area contributed by atoms with Crippen molar-refractivity contribution in [1.29, 1.82) is 0 Å². The molecule has 0 saturated heterocycles. The van der Waals surface area contributed by atoms with Gasteiger partial charge < -0.3 is 9.47 Å². The van der Waals surface area contributed by atoms with Gasteiger partial charge in [-0.2, -0.15) is 0 Å². The van der Waals surface area contributed by atoms with Gasteiger partial charge in [0.2, 0.25) is 0 Å². The van der Waals surface area contributed by atoms with E-state index in [1.165, 1.54) is 11.1 Å². The molecule has 0 radical (unpaired) electrons. The summed E-state index contributed by atoms with van der Waals surface area (Å²) in [7, 11) is 0. The second-order valence-electron chi connectivity index (χ2n) is 8.29. The largest absolute Gasteiger partial charge is 0.493 e. The predicted molar refractivity (Wildman–Crippen MR) is 111 cm³/mol. The summed E-state index contributed by atoms with van der Waals surface area (Å²) in [6, 6.07) is 10.6. The van der Waals surface area contributed by atoms with Crippen LogP contribution in [-0.4, -0.2) is 6.61 Å². The lowest BCUT2D eigenvalue weighted by Crippen LogP contribution is -2.05. The fourth-order valence-electron chi connectivity index (χ4n) is 3.18. The van der Waals surface area contributed by atoms with E-state index in [0.29, 0.717) is 17.8 Å². The van der Waals surface area contributed by atoms with E-state index >= 15 is 0 Å². The highest BCUT2D eigenvalue weighted by molar-refractivity contribution is 5.49. The molecule has 0 aromatic heterocycles. The van der Waals surface area contributed by atoms with Crippen molar-refractivity contribution in [2.24, 2.45) is 5.92 Å². The minimum Gasteiger partial charge on any atom is -0.493 e. The molecule has 0 N–H and O–H groups in total. The molecule has 0 spiro atoms. The van der Waals surface area contributed by atoms with Crippen LogP contribution in [0, 0.1) is 19.8 Å². The Balaban J connectivity index is 2.29. The van der Waals surface area contributed by atoms with Gasteiger partial charge in [0.05, 0.1) is 6.61 Å². The lowest BCUT2D eigenvalue weighted by Gasteiger charge is -2.19. The number of hydrogen-bond acceptors (Lipinski definition) is 2. The lowest BCUT2D eigenvalue weighted by atomic mass is 9.90. The third kappa shape index (κ3) is 5.03. The van der Waals surface area contributed by atoms with Crippen LogP contribution in [0.1, 0.15) is 75.6 Å². The van der Waals surface area contributed by atoms with E-state index in [0.717, 1.165) is 35.0 Å². The number of rotatable bonds is 7. The number of benzene rings is 2. The zero-order valence-corrected chi connectivity index (χ0v) is 17.6. The van der Waals surface area contributed by atoms with Crippen LogP contribution in [0.3, 0.4) is 0 Å². The highest BCUT2D eigenvalue weighted by Gasteiger charge is 2.14. The molecule has 2 rings (SSSR count). The van der Waals surface area contributed by atoms with Gasteiger partial charge in [0.1, 0.15) is 17.2 Å². The third-order valence-electron chi connectivity index (χ3n) is 4.54. The summed E-state index contributed by atoms with van der Waals surface area (Å²) < 4.78 is 12.2. The Morgan fingerprint density at radius 3 is 1.81 bits per heavy atom. The fourth-order valence-corrected chi connectivity index (χ4v) is 3.18. The second-order valence-corrected chi connectivity index (χ2v) is 8.29. The molecule has 142 valence electrons. The SMILES string of the molecule is Cc1cc(OCC(C)C)cc(C)c1Oc1ccc(C(C)C)c(C(C)C)c1. The van der Waals surface area contributed by atoms with Crippen molar-refractivity contribution in [3.63, 3.8) is 0 Å². The average molecular weight is 355 g/mol. The van der Waals surface area contributed by atoms with Crippen molar-refractivity contribution in [2.45, 2.75) is 67.2 Å². The minimum absolute atomic E-state index is 0.477. The van der Waals surface area contributed by atoms with Gasteiger partial charge in [0, 0.05) is 0 Å². The first-order valence-corrected chi connectivity index (χ1v) is 9.74. The fraction of sp³-hybridized carbons (Fsp3) is 0.500. The van der Waals surface area contributed by atoms with Gasteiger partial charge in [0.15, 0.2) is 0 Å². The number of aryl methyl sites for hydroxylation is 2. The molecule has 0 aliphatic heterocycles. The van der Waals surface area contributed by atoms with Gasteiger partial charge in [0.25, 0.3) is 0 Å². The summed E-state index contributed by atoms with van der Waals surface area (Å²) in [5.41, 5.74) is 4.97. The molecular weight excluding hydrogens is 320 g/mol. The van der Waals surface area contributed by atoms with E-state index < -0.39 is 0 Å². The summed E-state index contributed by atoms with van der Waals surface area (Å²) in [6.07, 6.45) is 0. The zero-order valence-electron chi connectivity index (χ0n) is 17.6. The van der Waals surface area contributed by atoms with Crippen molar-refractivity contribution in [1.82, 2.24) is 0 Å². The molecule has 0 amide bonds. The van der Waals surface area contributed by atoms with Crippen molar-refractivity contribution >= 4 is 0 Å². The molecule has 0 atom stereocenters. The summed E-state index contributed by atoms with van der Waals surface area (Å²) >= 11 is 0. The van der Waals surface area contributed by atoms with E-state index in [2.05, 4.69) is 85.7 Å². The maximum Gasteiger partial charge on any atom is 0.133 e. The lowest BCUT2D eigenvalue weighted by molar-refractivity contribution is 0.270. The smallest absolute Gasteiger partial charge is 0.133 e. The first kappa shape index (κ1) is 20.4. The molecule has 26 heavy (non-hydrogen) atoms. The Bertz CT molecular complexity index is 719. The van der Waals surface area contributed by atoms with Crippen LogP contribution in [0.5, 0.6) is 17.2 Å². The standard InChI is InChI=1S/C24H34O2/c1-15(2)14-25-21-11-18(7)24(19(8)12-21)26-20-9-10-22(16(3)4)23(13-20)17(5)6/h9-13,15-17H,14H2,1-8H3. The van der Waals surface area contributed by atoms with Crippen LogP contribution in [0.25, 0.3) is 0 Å². The van der Waals surface area contributed by atoms with Gasteiger partial charge in [-0.15, -0.1) is 0 Å². The molecule has 0 bridgehead atoms. The average Bonchev–Trinajstić information content (AvgIpc) is 2.55. The Kier molecular flexibility index (Phi) is 6.75. The summed E-state index contributed by atoms with van der Waals surface area (Å²) in [6.45, 7) is 18.2. The van der Waals surface area contributed by atoms with E-state index in [1.807, 2.05) is 0 Å². The normalized spacial score (nSPS) is 11.5. The first-order valence-electron chi connectivity index (χ1n) is 9.74. The Hall–Kier alpha value is -1.96. The quantitative estimate of drug-likeness (QED) is 0.516. The Morgan fingerprint density at radius 2 is 1.31 bits per heavy atom. The number of hydrogen-bond donors (Lipinski definition) is 0. The summed E-state index contributed by atoms with van der Waals surface area (Å²) in [5.74, 6) is 4.25. The molecule has 0 unspecified atom stereocenters. The molecule has 2 heteroatoms. The molecule has 2 aromatic rings. The van der Waals surface area contributed by atoms with Crippen LogP contribution < -0.4 is 9.47 Å². The predicted octanol–water partition coefficient (Wildman–Crippen LogP) is 7.38. The van der Waals surface area contributed by atoms with Crippen LogP contribution in [0.4, 0.5) is 0 Å². The van der Waals surface area contributed by atoms with Crippen molar-refractivity contribution in [3.05, 3.63) is 52.6 Å². The van der Waals surface area contributed by atoms with Crippen molar-refractivity contribution in [2.75, 3.05) is 6.61 Å². The highest BCUT2D eigenvalue weighted by atomic mass is 16.5. The third-order valence-corrected chi connectivity index (χ3v) is 4.54. The summed E-state index contributed by atoms with van der Waals surface area (Å²) in [5, 5.41) is 0. The van der Waals surface area contributed by atoms with E-state index in [4.69, 9.17) is 9.47 Å². The molecule has 0 heterocycles. The highest BCUT2D eigenvalue weighted by Crippen LogP contribution is 2.35. The van der Waals surface area contributed by atoms with Crippen LogP contribution >= 0.6 is 0 Å². The second kappa shape index (κ2) is 8.62. The minimum atomic E-state index is 0.477. The van der Waals surface area contributed by atoms with Crippen molar-refractivity contribution < 1.29 is 9.47 Å². The maximum atomic E-state index is 6.29. The molecule has 0 saturated carbocycles. The molecule has 0 aliphatic carbocycles. The van der Waals surface area contributed by atoms with Gasteiger partial charge in [-0.05, 0) is 78.1 Å². The molecule has 0 fully saturated rings. The van der Waals surface area contributed by atoms with Gasteiger partial charge in [-0.3, -0.25) is 0 Å². The van der Waals surface area contributed by atoms with Gasteiger partial charge >= 0.3 is 0 Å². The summed E-state index contributed by atoms with van der Waals surface area (Å²) in [4.78, 5) is 0. The van der Waals surface area contributed by atoms with E-state index in [9.17, 15) is 0 Å². The van der Waals surface area contributed by atoms with E-state index in [-0.39, 0.29) is 0 Å². The van der Waals surface area contributed by atoms with E-state index in [1.54, 1.807) is 0 Å². The first-order chi connectivity index (χ1) is 12.2. The van der Waals surface area contributed by atoms with Crippen LogP contribution in [0.2, 0.25) is 0 Å². The van der Waals surface area contributed by atoms with Crippen LogP contribution in [0.15, 0.2) is 30.3 Å². The molecular formula is C24H34O2. The molecule has 2 nitrogen and oxygen atoms in total. The monoisotopic (exact) mass is 354 g/mol. The number of ether oxygens (including phenoxy) is 2. The maximum absolute atomic E-state index is 6.29. The topological polar surface area (TPSA) is 18.5 Å². The van der Waals surface area contributed by atoms with Crippen molar-refractivity contribution in [3.8, 4) is 17.2 Å². The van der Waals surface area contributed by atoms with Gasteiger partial charge in [-0.1, -0.05) is 47.6 Å². The zero-order chi connectivity index (χ0) is 19.4. The van der Waals surface area contributed by atoms with Gasteiger partial charge in [-0.25, -0.2) is 0 Å². The Morgan fingerprint density at radius 1 is 0.731 bits per heavy atom. The molecule has 2 aromatic carbocycles. The Labute approximate surface area is 159 Å². The van der Waals surface area contributed by atoms with Crippen LogP contribution in [-0.2, 0) is 0 Å². The molecule has 0 aliphatic rings.